The maximum Gasteiger partial charge on any atom is 0.259 e. The van der Waals surface area contributed by atoms with E-state index in [4.69, 9.17) is 4.52 Å². The molecule has 2 fully saturated rings. The van der Waals surface area contributed by atoms with E-state index in [0.29, 0.717) is 23.7 Å². The van der Waals surface area contributed by atoms with Gasteiger partial charge in [0.25, 0.3) is 11.6 Å². The van der Waals surface area contributed by atoms with Gasteiger partial charge in [-0.15, -0.1) is 11.3 Å². The van der Waals surface area contributed by atoms with Crippen LogP contribution in [0.2, 0.25) is 0 Å². The molecule has 0 aromatic carbocycles. The molecule has 6 nitrogen and oxygen atoms in total. The highest BCUT2D eigenvalue weighted by Gasteiger charge is 2.31. The van der Waals surface area contributed by atoms with Crippen molar-refractivity contribution < 1.29 is 9.32 Å². The summed E-state index contributed by atoms with van der Waals surface area (Å²) in [5.74, 6) is 0.640. The molecule has 1 saturated carbocycles. The van der Waals surface area contributed by atoms with Crippen molar-refractivity contribution in [3.8, 4) is 0 Å². The third-order valence-electron chi connectivity index (χ3n) is 5.18. The molecule has 3 aromatic rings. The number of carbonyl (C=O) groups excluding carboxylic acids is 1. The zero-order valence-electron chi connectivity index (χ0n) is 14.3. The smallest absolute Gasteiger partial charge is 0.259 e. The first-order chi connectivity index (χ1) is 12.8. The summed E-state index contributed by atoms with van der Waals surface area (Å²) in [5, 5.41) is 13.5. The van der Waals surface area contributed by atoms with Crippen molar-refractivity contribution in [2.24, 2.45) is 0 Å². The van der Waals surface area contributed by atoms with Gasteiger partial charge in [0.15, 0.2) is 0 Å². The lowest BCUT2D eigenvalue weighted by atomic mass is 9.98. The monoisotopic (exact) mass is 368 g/mol. The topological polar surface area (TPSA) is 80.1 Å². The largest absolute Gasteiger partial charge is 0.347 e. The normalized spacial score (nSPS) is 19.9. The standard InChI is InChI=1S/C19H20N4O2S/c24-18(21-10-13-2-1-7-26-13)14-8-15(11-3-4-11)22-19-16(14)17(23-25-19)12-5-6-20-9-12/h1-2,7-8,11-12,20H,3-6,9-10H2,(H,21,24). The molecule has 1 aliphatic heterocycles. The summed E-state index contributed by atoms with van der Waals surface area (Å²) in [5.41, 5.74) is 2.96. The van der Waals surface area contributed by atoms with E-state index < -0.39 is 0 Å². The van der Waals surface area contributed by atoms with Gasteiger partial charge in [0.2, 0.25) is 0 Å². The Labute approximate surface area is 155 Å². The Morgan fingerprint density at radius 3 is 3.00 bits per heavy atom. The van der Waals surface area contributed by atoms with Crippen LogP contribution in [-0.4, -0.2) is 29.1 Å². The van der Waals surface area contributed by atoms with Crippen LogP contribution >= 0.6 is 11.3 Å². The highest BCUT2D eigenvalue weighted by atomic mass is 32.1. The van der Waals surface area contributed by atoms with Crippen molar-refractivity contribution in [1.82, 2.24) is 20.8 Å². The fraction of sp³-hybridized carbons (Fsp3) is 0.421. The number of pyridine rings is 1. The Morgan fingerprint density at radius 1 is 1.35 bits per heavy atom. The van der Waals surface area contributed by atoms with E-state index in [1.54, 1.807) is 11.3 Å². The van der Waals surface area contributed by atoms with Crippen molar-refractivity contribution in [3.63, 3.8) is 0 Å². The number of amides is 1. The summed E-state index contributed by atoms with van der Waals surface area (Å²) < 4.78 is 5.55. The Kier molecular flexibility index (Phi) is 3.98. The Balaban J connectivity index is 1.53. The number of aromatic nitrogens is 2. The summed E-state index contributed by atoms with van der Waals surface area (Å²) in [4.78, 5) is 18.8. The first kappa shape index (κ1) is 16.0. The van der Waals surface area contributed by atoms with E-state index in [1.807, 2.05) is 23.6 Å². The first-order valence-electron chi connectivity index (χ1n) is 9.11. The molecule has 1 unspecified atom stereocenters. The van der Waals surface area contributed by atoms with E-state index in [0.717, 1.165) is 54.0 Å². The second-order valence-electron chi connectivity index (χ2n) is 7.07. The van der Waals surface area contributed by atoms with Crippen LogP contribution in [0.3, 0.4) is 0 Å². The molecule has 4 heterocycles. The van der Waals surface area contributed by atoms with Crippen LogP contribution in [-0.2, 0) is 6.54 Å². The van der Waals surface area contributed by atoms with Crippen LogP contribution in [0.4, 0.5) is 0 Å². The Hall–Kier alpha value is -2.25. The summed E-state index contributed by atoms with van der Waals surface area (Å²) >= 11 is 1.64. The molecule has 3 aromatic heterocycles. The second-order valence-corrected chi connectivity index (χ2v) is 8.10. The van der Waals surface area contributed by atoms with Gasteiger partial charge >= 0.3 is 0 Å². The number of nitrogens with one attached hydrogen (secondary N) is 2. The zero-order valence-corrected chi connectivity index (χ0v) is 15.1. The molecule has 1 atom stereocenters. The summed E-state index contributed by atoms with van der Waals surface area (Å²) in [6, 6.07) is 5.97. The highest BCUT2D eigenvalue weighted by Crippen LogP contribution is 2.41. The van der Waals surface area contributed by atoms with Crippen molar-refractivity contribution in [2.75, 3.05) is 13.1 Å². The van der Waals surface area contributed by atoms with Crippen molar-refractivity contribution in [3.05, 3.63) is 45.4 Å². The van der Waals surface area contributed by atoms with Gasteiger partial charge in [-0.25, -0.2) is 4.98 Å². The lowest BCUT2D eigenvalue weighted by molar-refractivity contribution is 0.0952. The molecule has 0 spiro atoms. The number of thiophene rings is 1. The molecular weight excluding hydrogens is 348 g/mol. The van der Waals surface area contributed by atoms with Crippen LogP contribution in [0.15, 0.2) is 28.1 Å². The highest BCUT2D eigenvalue weighted by molar-refractivity contribution is 7.09. The van der Waals surface area contributed by atoms with E-state index in [9.17, 15) is 4.79 Å². The number of hydrogen-bond donors (Lipinski definition) is 2. The van der Waals surface area contributed by atoms with Gasteiger partial charge in [0, 0.05) is 29.0 Å². The molecule has 2 N–H and O–H groups in total. The minimum absolute atomic E-state index is 0.0805. The summed E-state index contributed by atoms with van der Waals surface area (Å²) in [6.45, 7) is 2.36. The number of nitrogens with zero attached hydrogens (tertiary/aromatic N) is 2. The number of rotatable bonds is 5. The molecule has 134 valence electrons. The molecule has 2 aliphatic rings. The molecule has 1 saturated heterocycles. The van der Waals surface area contributed by atoms with Crippen molar-refractivity contribution in [2.45, 2.75) is 37.6 Å². The molecule has 1 aliphatic carbocycles. The second kappa shape index (κ2) is 6.48. The summed E-state index contributed by atoms with van der Waals surface area (Å²) in [7, 11) is 0. The quantitative estimate of drug-likeness (QED) is 0.723. The van der Waals surface area contributed by atoms with Crippen molar-refractivity contribution in [1.29, 1.82) is 0 Å². The average Bonchev–Trinajstić information content (AvgIpc) is 3.09. The van der Waals surface area contributed by atoms with Crippen LogP contribution in [0, 0.1) is 0 Å². The molecule has 7 heteroatoms. The van der Waals surface area contributed by atoms with Gasteiger partial charge in [-0.3, -0.25) is 4.79 Å². The average molecular weight is 368 g/mol. The predicted molar refractivity (Wildman–Crippen MR) is 99.5 cm³/mol. The van der Waals surface area contributed by atoms with Gasteiger partial charge in [0.05, 0.1) is 23.2 Å². The Morgan fingerprint density at radius 2 is 2.27 bits per heavy atom. The minimum Gasteiger partial charge on any atom is -0.347 e. The number of fused-ring (bicyclic) bond motifs is 1. The van der Waals surface area contributed by atoms with E-state index in [2.05, 4.69) is 20.8 Å². The third kappa shape index (κ3) is 2.91. The first-order valence-corrected chi connectivity index (χ1v) is 9.99. The number of hydrogen-bond acceptors (Lipinski definition) is 6. The van der Waals surface area contributed by atoms with Crippen molar-refractivity contribution >= 4 is 28.3 Å². The number of carbonyl (C=O) groups is 1. The lowest BCUT2D eigenvalue weighted by Gasteiger charge is -2.09. The van der Waals surface area contributed by atoms with Gasteiger partial charge in [-0.05, 0) is 43.3 Å². The predicted octanol–water partition coefficient (Wildman–Crippen LogP) is 3.17. The van der Waals surface area contributed by atoms with Crippen LogP contribution in [0.25, 0.3) is 11.1 Å². The fourth-order valence-corrected chi connectivity index (χ4v) is 4.25. The fourth-order valence-electron chi connectivity index (χ4n) is 3.60. The maximum absolute atomic E-state index is 13.0. The van der Waals surface area contributed by atoms with E-state index in [-0.39, 0.29) is 11.8 Å². The van der Waals surface area contributed by atoms with Gasteiger partial charge in [-0.1, -0.05) is 11.2 Å². The van der Waals surface area contributed by atoms with Gasteiger partial charge < -0.3 is 15.2 Å². The Bertz CT molecular complexity index is 940. The molecule has 1 amide bonds. The van der Waals surface area contributed by atoms with E-state index in [1.165, 1.54) is 0 Å². The van der Waals surface area contributed by atoms with Crippen LogP contribution < -0.4 is 10.6 Å². The molecule has 0 radical (unpaired) electrons. The van der Waals surface area contributed by atoms with Gasteiger partial charge in [0.1, 0.15) is 0 Å². The molecular formula is C19H20N4O2S. The molecule has 5 rings (SSSR count). The SMILES string of the molecule is O=C(NCc1cccs1)c1cc(C2CC2)nc2onc(C3CCNC3)c12. The zero-order chi connectivity index (χ0) is 17.5. The maximum atomic E-state index is 13.0. The minimum atomic E-state index is -0.0805. The molecule has 26 heavy (non-hydrogen) atoms. The molecule has 0 bridgehead atoms. The van der Waals surface area contributed by atoms with E-state index >= 15 is 0 Å². The summed E-state index contributed by atoms with van der Waals surface area (Å²) in [6.07, 6.45) is 3.26. The van der Waals surface area contributed by atoms with Crippen LogP contribution in [0.5, 0.6) is 0 Å². The lowest BCUT2D eigenvalue weighted by Crippen LogP contribution is -2.23. The van der Waals surface area contributed by atoms with Gasteiger partial charge in [-0.2, -0.15) is 0 Å². The third-order valence-corrected chi connectivity index (χ3v) is 6.06. The van der Waals surface area contributed by atoms with Crippen LogP contribution in [0.1, 0.15) is 57.7 Å².